The van der Waals surface area contributed by atoms with Gasteiger partial charge in [-0.3, -0.25) is 9.80 Å². The first-order chi connectivity index (χ1) is 11.7. The van der Waals surface area contributed by atoms with Crippen LogP contribution in [0, 0.1) is 0 Å². The number of hydrogen-bond acceptors (Lipinski definition) is 4. The zero-order chi connectivity index (χ0) is 16.8. The van der Waals surface area contributed by atoms with Crippen molar-refractivity contribution in [2.45, 2.75) is 19.3 Å². The maximum atomic E-state index is 12.3. The van der Waals surface area contributed by atoms with E-state index in [0.717, 1.165) is 18.7 Å². The van der Waals surface area contributed by atoms with Crippen molar-refractivity contribution in [1.82, 2.24) is 9.80 Å². The van der Waals surface area contributed by atoms with Gasteiger partial charge < -0.3 is 10.5 Å². The molecule has 1 aliphatic rings. The number of carbonyl (C=O) groups excluding carboxylic acids is 1. The second-order valence-electron chi connectivity index (χ2n) is 6.02. The lowest BCUT2D eigenvalue weighted by molar-refractivity contribution is 0.0425. The van der Waals surface area contributed by atoms with Gasteiger partial charge in [0.1, 0.15) is 6.61 Å². The average molecular weight is 325 g/mol. The van der Waals surface area contributed by atoms with Crippen LogP contribution in [0.5, 0.6) is 0 Å². The number of amides is 1. The van der Waals surface area contributed by atoms with Crippen molar-refractivity contribution in [2.75, 3.05) is 19.6 Å². The molecule has 0 bridgehead atoms. The van der Waals surface area contributed by atoms with E-state index in [0.29, 0.717) is 13.1 Å². The summed E-state index contributed by atoms with van der Waals surface area (Å²) < 4.78 is 5.38. The normalized spacial score (nSPS) is 18.4. The average Bonchev–Trinajstić information content (AvgIpc) is 2.61. The van der Waals surface area contributed by atoms with Crippen molar-refractivity contribution < 1.29 is 9.53 Å². The lowest BCUT2D eigenvalue weighted by atomic mass is 10.2. The highest BCUT2D eigenvalue weighted by Gasteiger charge is 2.28. The van der Waals surface area contributed by atoms with Gasteiger partial charge in [-0.25, -0.2) is 4.79 Å². The third-order valence-corrected chi connectivity index (χ3v) is 4.19. The summed E-state index contributed by atoms with van der Waals surface area (Å²) >= 11 is 0. The van der Waals surface area contributed by atoms with E-state index >= 15 is 0 Å². The molecule has 0 aliphatic carbocycles. The van der Waals surface area contributed by atoms with Gasteiger partial charge in [-0.15, -0.1) is 0 Å². The third kappa shape index (κ3) is 4.34. The zero-order valence-corrected chi connectivity index (χ0v) is 13.7. The standard InChI is InChI=1S/C19H23N3O2/c20-18-14-21(13-16-7-3-1-4-8-16)11-12-22(18)19(23)24-15-17-9-5-2-6-10-17/h1-10,18H,11-15,20H2/t18-/m0/s1. The molecule has 1 fully saturated rings. The van der Waals surface area contributed by atoms with Crippen LogP contribution < -0.4 is 5.73 Å². The molecule has 1 heterocycles. The largest absolute Gasteiger partial charge is 0.445 e. The molecule has 1 aliphatic heterocycles. The third-order valence-electron chi connectivity index (χ3n) is 4.19. The van der Waals surface area contributed by atoms with Crippen LogP contribution in [-0.4, -0.2) is 41.7 Å². The second kappa shape index (κ2) is 7.95. The molecule has 3 rings (SSSR count). The Morgan fingerprint density at radius 2 is 1.62 bits per heavy atom. The molecule has 126 valence electrons. The van der Waals surface area contributed by atoms with Crippen molar-refractivity contribution in [3.63, 3.8) is 0 Å². The molecule has 1 saturated heterocycles. The van der Waals surface area contributed by atoms with Gasteiger partial charge in [-0.2, -0.15) is 0 Å². The molecule has 2 N–H and O–H groups in total. The van der Waals surface area contributed by atoms with Gasteiger partial charge in [0, 0.05) is 26.2 Å². The van der Waals surface area contributed by atoms with E-state index in [1.54, 1.807) is 4.90 Å². The quantitative estimate of drug-likeness (QED) is 0.938. The Kier molecular flexibility index (Phi) is 5.46. The second-order valence-corrected chi connectivity index (χ2v) is 6.02. The molecule has 5 heteroatoms. The van der Waals surface area contributed by atoms with Crippen molar-refractivity contribution in [2.24, 2.45) is 5.73 Å². The van der Waals surface area contributed by atoms with E-state index in [9.17, 15) is 4.79 Å². The first-order valence-electron chi connectivity index (χ1n) is 8.21. The number of nitrogens with zero attached hydrogens (tertiary/aromatic N) is 2. The minimum Gasteiger partial charge on any atom is -0.445 e. The molecule has 0 aromatic heterocycles. The molecule has 0 unspecified atom stereocenters. The summed E-state index contributed by atoms with van der Waals surface area (Å²) in [7, 11) is 0. The Labute approximate surface area is 142 Å². The molecule has 0 saturated carbocycles. The SMILES string of the molecule is N[C@@H]1CN(Cc2ccccc2)CCN1C(=O)OCc1ccccc1. The van der Waals surface area contributed by atoms with Crippen LogP contribution in [0.4, 0.5) is 4.79 Å². The predicted octanol–water partition coefficient (Wildman–Crippen LogP) is 2.43. The maximum absolute atomic E-state index is 12.3. The molecule has 1 amide bonds. The van der Waals surface area contributed by atoms with Gasteiger partial charge in [0.25, 0.3) is 0 Å². The highest BCUT2D eigenvalue weighted by Crippen LogP contribution is 2.12. The number of nitrogens with two attached hydrogens (primary N) is 1. The molecule has 0 radical (unpaired) electrons. The van der Waals surface area contributed by atoms with E-state index in [2.05, 4.69) is 17.0 Å². The van der Waals surface area contributed by atoms with E-state index < -0.39 is 0 Å². The van der Waals surface area contributed by atoms with Crippen LogP contribution >= 0.6 is 0 Å². The van der Waals surface area contributed by atoms with Crippen LogP contribution in [0.2, 0.25) is 0 Å². The van der Waals surface area contributed by atoms with Gasteiger partial charge in [0.15, 0.2) is 0 Å². The molecule has 1 atom stereocenters. The Morgan fingerprint density at radius 3 is 2.25 bits per heavy atom. The minimum absolute atomic E-state index is 0.274. The highest BCUT2D eigenvalue weighted by molar-refractivity contribution is 5.68. The topological polar surface area (TPSA) is 58.8 Å². The summed E-state index contributed by atoms with van der Waals surface area (Å²) in [5.41, 5.74) is 8.40. The summed E-state index contributed by atoms with van der Waals surface area (Å²) in [4.78, 5) is 16.1. The Morgan fingerprint density at radius 1 is 1.00 bits per heavy atom. The molecular weight excluding hydrogens is 302 g/mol. The number of ether oxygens (including phenoxy) is 1. The van der Waals surface area contributed by atoms with Crippen molar-refractivity contribution in [1.29, 1.82) is 0 Å². The molecule has 2 aromatic carbocycles. The summed E-state index contributed by atoms with van der Waals surface area (Å²) in [5.74, 6) is 0. The van der Waals surface area contributed by atoms with Gasteiger partial charge in [0.05, 0.1) is 6.17 Å². The first kappa shape index (κ1) is 16.5. The Hall–Kier alpha value is -2.37. The Bertz CT molecular complexity index is 648. The molecular formula is C19H23N3O2. The van der Waals surface area contributed by atoms with Crippen molar-refractivity contribution in [3.05, 3.63) is 71.8 Å². The monoisotopic (exact) mass is 325 g/mol. The maximum Gasteiger partial charge on any atom is 0.411 e. The summed E-state index contributed by atoms with van der Waals surface area (Å²) in [5, 5.41) is 0. The molecule has 24 heavy (non-hydrogen) atoms. The van der Waals surface area contributed by atoms with E-state index in [4.69, 9.17) is 10.5 Å². The van der Waals surface area contributed by atoms with E-state index in [-0.39, 0.29) is 18.9 Å². The molecule has 0 spiro atoms. The summed E-state index contributed by atoms with van der Waals surface area (Å²) in [6.45, 7) is 3.15. The fourth-order valence-corrected chi connectivity index (χ4v) is 2.88. The minimum atomic E-state index is -0.342. The molecule has 5 nitrogen and oxygen atoms in total. The Balaban J connectivity index is 1.49. The lowest BCUT2D eigenvalue weighted by Crippen LogP contribution is -2.58. The number of hydrogen-bond donors (Lipinski definition) is 1. The van der Waals surface area contributed by atoms with E-state index in [1.165, 1.54) is 5.56 Å². The van der Waals surface area contributed by atoms with Gasteiger partial charge in [-0.05, 0) is 11.1 Å². The number of benzene rings is 2. The van der Waals surface area contributed by atoms with Gasteiger partial charge >= 0.3 is 6.09 Å². The van der Waals surface area contributed by atoms with Crippen LogP contribution in [0.15, 0.2) is 60.7 Å². The molecule has 2 aromatic rings. The van der Waals surface area contributed by atoms with E-state index in [1.807, 2.05) is 48.5 Å². The summed E-state index contributed by atoms with van der Waals surface area (Å²) in [6.07, 6.45) is -0.684. The van der Waals surface area contributed by atoms with Crippen LogP contribution in [0.25, 0.3) is 0 Å². The van der Waals surface area contributed by atoms with Crippen molar-refractivity contribution in [3.8, 4) is 0 Å². The number of piperazine rings is 1. The summed E-state index contributed by atoms with van der Waals surface area (Å²) in [6, 6.07) is 19.9. The fraction of sp³-hybridized carbons (Fsp3) is 0.316. The number of carbonyl (C=O) groups is 1. The van der Waals surface area contributed by atoms with Crippen molar-refractivity contribution >= 4 is 6.09 Å². The first-order valence-corrected chi connectivity index (χ1v) is 8.21. The van der Waals surface area contributed by atoms with Crippen LogP contribution in [-0.2, 0) is 17.9 Å². The zero-order valence-electron chi connectivity index (χ0n) is 13.7. The van der Waals surface area contributed by atoms with Gasteiger partial charge in [-0.1, -0.05) is 60.7 Å². The fourth-order valence-electron chi connectivity index (χ4n) is 2.88. The van der Waals surface area contributed by atoms with Crippen LogP contribution in [0.1, 0.15) is 11.1 Å². The predicted molar refractivity (Wildman–Crippen MR) is 93.0 cm³/mol. The number of rotatable bonds is 4. The van der Waals surface area contributed by atoms with Crippen LogP contribution in [0.3, 0.4) is 0 Å². The smallest absolute Gasteiger partial charge is 0.411 e. The van der Waals surface area contributed by atoms with Gasteiger partial charge in [0.2, 0.25) is 0 Å². The lowest BCUT2D eigenvalue weighted by Gasteiger charge is -2.38. The highest BCUT2D eigenvalue weighted by atomic mass is 16.6.